The monoisotopic (exact) mass is 199 g/mol. The fourth-order valence-electron chi connectivity index (χ4n) is 2.18. The van der Waals surface area contributed by atoms with E-state index in [1.54, 1.807) is 0 Å². The molecule has 0 bridgehead atoms. The van der Waals surface area contributed by atoms with Gasteiger partial charge in [0, 0.05) is 0 Å². The quantitative estimate of drug-likeness (QED) is 0.682. The summed E-state index contributed by atoms with van der Waals surface area (Å²) in [4.78, 5) is 10.6. The van der Waals surface area contributed by atoms with Gasteiger partial charge in [-0.05, 0) is 25.7 Å². The number of nitrogens with two attached hydrogens (primary N) is 2. The van der Waals surface area contributed by atoms with Crippen LogP contribution in [0.2, 0.25) is 0 Å². The molecule has 1 amide bonds. The SMILES string of the molecule is NC(=O)CC[NH2+]C1CCCCCCC1. The summed E-state index contributed by atoms with van der Waals surface area (Å²) < 4.78 is 0. The van der Waals surface area contributed by atoms with Gasteiger partial charge in [-0.1, -0.05) is 19.3 Å². The Morgan fingerprint density at radius 3 is 2.29 bits per heavy atom. The molecule has 1 fully saturated rings. The highest BCUT2D eigenvalue weighted by atomic mass is 16.1. The van der Waals surface area contributed by atoms with E-state index in [0.29, 0.717) is 6.42 Å². The van der Waals surface area contributed by atoms with E-state index in [-0.39, 0.29) is 5.91 Å². The lowest BCUT2D eigenvalue weighted by molar-refractivity contribution is -0.689. The van der Waals surface area contributed by atoms with Crippen LogP contribution in [-0.2, 0) is 4.79 Å². The molecule has 1 saturated carbocycles. The van der Waals surface area contributed by atoms with Gasteiger partial charge in [-0.25, -0.2) is 0 Å². The third-order valence-electron chi connectivity index (χ3n) is 3.04. The molecule has 1 aliphatic carbocycles. The van der Waals surface area contributed by atoms with Crippen LogP contribution in [0.1, 0.15) is 51.4 Å². The zero-order valence-corrected chi connectivity index (χ0v) is 9.00. The molecular weight excluding hydrogens is 176 g/mol. The average molecular weight is 199 g/mol. The second-order valence-corrected chi connectivity index (χ2v) is 4.35. The number of rotatable bonds is 4. The summed E-state index contributed by atoms with van der Waals surface area (Å²) >= 11 is 0. The number of carbonyl (C=O) groups is 1. The van der Waals surface area contributed by atoms with Gasteiger partial charge in [0.25, 0.3) is 0 Å². The molecule has 1 rings (SSSR count). The molecule has 0 unspecified atom stereocenters. The Labute approximate surface area is 86.4 Å². The van der Waals surface area contributed by atoms with Crippen molar-refractivity contribution in [3.63, 3.8) is 0 Å². The Kier molecular flexibility index (Phi) is 5.60. The summed E-state index contributed by atoms with van der Waals surface area (Å²) in [6, 6.07) is 0.745. The minimum Gasteiger partial charge on any atom is -0.369 e. The number of quaternary nitrogens is 1. The van der Waals surface area contributed by atoms with Crippen LogP contribution < -0.4 is 11.1 Å². The fraction of sp³-hybridized carbons (Fsp3) is 0.909. The van der Waals surface area contributed by atoms with Gasteiger partial charge in [0.1, 0.15) is 0 Å². The summed E-state index contributed by atoms with van der Waals surface area (Å²) in [6.45, 7) is 0.875. The highest BCUT2D eigenvalue weighted by Gasteiger charge is 2.13. The topological polar surface area (TPSA) is 59.7 Å². The Morgan fingerprint density at radius 2 is 1.71 bits per heavy atom. The van der Waals surface area contributed by atoms with E-state index in [4.69, 9.17) is 5.73 Å². The number of primary amides is 1. The van der Waals surface area contributed by atoms with Gasteiger partial charge in [0.05, 0.1) is 19.0 Å². The third-order valence-corrected chi connectivity index (χ3v) is 3.04. The maximum absolute atomic E-state index is 10.6. The normalized spacial score (nSPS) is 20.0. The predicted octanol–water partition coefficient (Wildman–Crippen LogP) is 0.538. The van der Waals surface area contributed by atoms with E-state index in [2.05, 4.69) is 5.32 Å². The minimum absolute atomic E-state index is 0.174. The molecule has 14 heavy (non-hydrogen) atoms. The number of hydrogen-bond acceptors (Lipinski definition) is 1. The van der Waals surface area contributed by atoms with Crippen LogP contribution in [0.25, 0.3) is 0 Å². The number of amides is 1. The summed E-state index contributed by atoms with van der Waals surface area (Å²) in [5.41, 5.74) is 5.10. The molecule has 0 atom stereocenters. The standard InChI is InChI=1S/C11H22N2O/c12-11(14)8-9-13-10-6-4-2-1-3-5-7-10/h10,13H,1-9H2,(H2,12,14)/p+1. The Balaban J connectivity index is 2.10. The number of hydrogen-bond donors (Lipinski definition) is 2. The molecule has 0 aromatic heterocycles. The van der Waals surface area contributed by atoms with E-state index in [1.165, 1.54) is 44.9 Å². The minimum atomic E-state index is -0.174. The lowest BCUT2D eigenvalue weighted by Crippen LogP contribution is -2.90. The highest BCUT2D eigenvalue weighted by molar-refractivity contribution is 5.73. The van der Waals surface area contributed by atoms with Crippen molar-refractivity contribution in [2.75, 3.05) is 6.54 Å². The zero-order valence-electron chi connectivity index (χ0n) is 9.00. The van der Waals surface area contributed by atoms with Gasteiger partial charge in [-0.2, -0.15) is 0 Å². The van der Waals surface area contributed by atoms with Crippen molar-refractivity contribution < 1.29 is 10.1 Å². The molecule has 0 aromatic carbocycles. The summed E-state index contributed by atoms with van der Waals surface area (Å²) in [5.74, 6) is -0.174. The first-order chi connectivity index (χ1) is 6.79. The second kappa shape index (κ2) is 6.82. The van der Waals surface area contributed by atoms with Crippen LogP contribution in [0.3, 0.4) is 0 Å². The summed E-state index contributed by atoms with van der Waals surface area (Å²) in [6.07, 6.45) is 10.1. The first-order valence-electron chi connectivity index (χ1n) is 5.90. The van der Waals surface area contributed by atoms with Gasteiger partial charge in [0.15, 0.2) is 0 Å². The maximum Gasteiger partial charge on any atom is 0.223 e. The zero-order chi connectivity index (χ0) is 10.2. The van der Waals surface area contributed by atoms with E-state index < -0.39 is 0 Å². The second-order valence-electron chi connectivity index (χ2n) is 4.35. The van der Waals surface area contributed by atoms with Gasteiger partial charge < -0.3 is 11.1 Å². The van der Waals surface area contributed by atoms with Crippen molar-refractivity contribution in [1.29, 1.82) is 0 Å². The van der Waals surface area contributed by atoms with Crippen LogP contribution in [0.5, 0.6) is 0 Å². The summed E-state index contributed by atoms with van der Waals surface area (Å²) in [7, 11) is 0. The first kappa shape index (κ1) is 11.5. The van der Waals surface area contributed by atoms with Crippen molar-refractivity contribution in [1.82, 2.24) is 0 Å². The molecule has 0 heterocycles. The summed E-state index contributed by atoms with van der Waals surface area (Å²) in [5, 5.41) is 2.32. The van der Waals surface area contributed by atoms with Gasteiger partial charge >= 0.3 is 0 Å². The fourth-order valence-corrected chi connectivity index (χ4v) is 2.18. The third kappa shape index (κ3) is 5.22. The van der Waals surface area contributed by atoms with E-state index in [1.807, 2.05) is 0 Å². The van der Waals surface area contributed by atoms with Crippen molar-refractivity contribution in [2.45, 2.75) is 57.4 Å². The molecule has 3 heteroatoms. The van der Waals surface area contributed by atoms with Crippen LogP contribution in [0, 0.1) is 0 Å². The van der Waals surface area contributed by atoms with Gasteiger partial charge in [-0.3, -0.25) is 4.79 Å². The van der Waals surface area contributed by atoms with Crippen LogP contribution in [0.4, 0.5) is 0 Å². The van der Waals surface area contributed by atoms with Crippen molar-refractivity contribution in [3.8, 4) is 0 Å². The number of carbonyl (C=O) groups excluding carboxylic acids is 1. The lowest BCUT2D eigenvalue weighted by atomic mass is 9.97. The Hall–Kier alpha value is -0.570. The molecule has 0 spiro atoms. The largest absolute Gasteiger partial charge is 0.369 e. The van der Waals surface area contributed by atoms with Gasteiger partial charge in [-0.15, -0.1) is 0 Å². The average Bonchev–Trinajstić information content (AvgIpc) is 2.07. The Bertz CT molecular complexity index is 163. The van der Waals surface area contributed by atoms with Crippen molar-refractivity contribution >= 4 is 5.91 Å². The molecule has 1 aliphatic rings. The van der Waals surface area contributed by atoms with Crippen molar-refractivity contribution in [2.24, 2.45) is 5.73 Å². The van der Waals surface area contributed by atoms with E-state index in [9.17, 15) is 4.79 Å². The van der Waals surface area contributed by atoms with Crippen LogP contribution in [0.15, 0.2) is 0 Å². The highest BCUT2D eigenvalue weighted by Crippen LogP contribution is 2.14. The van der Waals surface area contributed by atoms with E-state index >= 15 is 0 Å². The molecule has 3 nitrogen and oxygen atoms in total. The predicted molar refractivity (Wildman–Crippen MR) is 56.7 cm³/mol. The van der Waals surface area contributed by atoms with Crippen LogP contribution in [-0.4, -0.2) is 18.5 Å². The molecule has 0 aliphatic heterocycles. The molecule has 0 saturated heterocycles. The maximum atomic E-state index is 10.6. The van der Waals surface area contributed by atoms with Crippen LogP contribution >= 0.6 is 0 Å². The smallest absolute Gasteiger partial charge is 0.223 e. The molecule has 82 valence electrons. The molecule has 0 aromatic rings. The van der Waals surface area contributed by atoms with Gasteiger partial charge in [0.2, 0.25) is 5.91 Å². The first-order valence-corrected chi connectivity index (χ1v) is 5.90. The molecular formula is C11H23N2O+. The van der Waals surface area contributed by atoms with Crippen molar-refractivity contribution in [3.05, 3.63) is 0 Å². The van der Waals surface area contributed by atoms with E-state index in [0.717, 1.165) is 12.6 Å². The Morgan fingerprint density at radius 1 is 1.14 bits per heavy atom. The molecule has 0 radical (unpaired) electrons. The lowest BCUT2D eigenvalue weighted by Gasteiger charge is -2.17. The molecule has 4 N–H and O–H groups in total.